The molecule has 2 N–H and O–H groups in total. The SMILES string of the molecule is CCc1ccc(NC(=S)Nc2cc(C)ccc2OC(F)F)cc1. The number of alkyl halides is 2. The van der Waals surface area contributed by atoms with Gasteiger partial charge in [0, 0.05) is 5.69 Å². The fourth-order valence-electron chi connectivity index (χ4n) is 2.05. The molecule has 0 aliphatic rings. The summed E-state index contributed by atoms with van der Waals surface area (Å²) in [5.74, 6) is 0.0519. The molecule has 2 rings (SSSR count). The number of rotatable bonds is 5. The molecule has 2 aromatic rings. The van der Waals surface area contributed by atoms with Crippen molar-refractivity contribution in [2.75, 3.05) is 10.6 Å². The van der Waals surface area contributed by atoms with Gasteiger partial charge >= 0.3 is 6.61 Å². The summed E-state index contributed by atoms with van der Waals surface area (Å²) in [5, 5.41) is 6.22. The number of nitrogens with one attached hydrogen (secondary N) is 2. The first-order valence-corrected chi connectivity index (χ1v) is 7.61. The second-order valence-corrected chi connectivity index (χ2v) is 5.42. The third-order valence-electron chi connectivity index (χ3n) is 3.22. The quantitative estimate of drug-likeness (QED) is 0.756. The van der Waals surface area contributed by atoms with E-state index < -0.39 is 6.61 Å². The van der Waals surface area contributed by atoms with Crippen molar-refractivity contribution >= 4 is 28.7 Å². The lowest BCUT2D eigenvalue weighted by Crippen LogP contribution is -2.20. The van der Waals surface area contributed by atoms with Crippen LogP contribution in [0.2, 0.25) is 0 Å². The zero-order chi connectivity index (χ0) is 16.8. The Labute approximate surface area is 139 Å². The van der Waals surface area contributed by atoms with Crippen molar-refractivity contribution in [3.63, 3.8) is 0 Å². The highest BCUT2D eigenvalue weighted by molar-refractivity contribution is 7.80. The number of benzene rings is 2. The lowest BCUT2D eigenvalue weighted by molar-refractivity contribution is -0.0493. The van der Waals surface area contributed by atoms with Gasteiger partial charge in [0.25, 0.3) is 0 Å². The Bertz CT molecular complexity index is 675. The Morgan fingerprint density at radius 1 is 1.13 bits per heavy atom. The molecule has 3 nitrogen and oxygen atoms in total. The van der Waals surface area contributed by atoms with Crippen LogP contribution in [0.1, 0.15) is 18.1 Å². The summed E-state index contributed by atoms with van der Waals surface area (Å²) in [6.07, 6.45) is 0.959. The van der Waals surface area contributed by atoms with Crippen LogP contribution in [0, 0.1) is 6.92 Å². The molecule has 0 saturated heterocycles. The van der Waals surface area contributed by atoms with Crippen LogP contribution in [-0.4, -0.2) is 11.7 Å². The fourth-order valence-corrected chi connectivity index (χ4v) is 2.28. The van der Waals surface area contributed by atoms with Gasteiger partial charge in [0.2, 0.25) is 0 Å². The number of hydrogen-bond acceptors (Lipinski definition) is 2. The van der Waals surface area contributed by atoms with Crippen LogP contribution in [0.5, 0.6) is 5.75 Å². The number of halogens is 2. The Morgan fingerprint density at radius 3 is 2.43 bits per heavy atom. The van der Waals surface area contributed by atoms with E-state index in [1.807, 2.05) is 31.2 Å². The Morgan fingerprint density at radius 2 is 1.83 bits per heavy atom. The van der Waals surface area contributed by atoms with E-state index in [0.29, 0.717) is 10.8 Å². The van der Waals surface area contributed by atoms with Crippen molar-refractivity contribution in [1.29, 1.82) is 0 Å². The third kappa shape index (κ3) is 5.17. The van der Waals surface area contributed by atoms with Gasteiger partial charge in [0.15, 0.2) is 5.11 Å². The largest absolute Gasteiger partial charge is 0.433 e. The van der Waals surface area contributed by atoms with Crippen molar-refractivity contribution in [3.05, 3.63) is 53.6 Å². The van der Waals surface area contributed by atoms with Gasteiger partial charge in [-0.05, 0) is 61.0 Å². The summed E-state index contributed by atoms with van der Waals surface area (Å²) >= 11 is 5.23. The van der Waals surface area contributed by atoms with Crippen molar-refractivity contribution in [2.45, 2.75) is 26.9 Å². The Hall–Kier alpha value is -2.21. The zero-order valence-corrected chi connectivity index (χ0v) is 13.7. The highest BCUT2D eigenvalue weighted by atomic mass is 32.1. The van der Waals surface area contributed by atoms with Gasteiger partial charge in [-0.1, -0.05) is 25.1 Å². The standard InChI is InChI=1S/C17H18F2N2OS/c1-3-12-5-7-13(8-6-12)20-17(23)21-14-10-11(2)4-9-15(14)22-16(18)19/h4-10,16H,3H2,1-2H3,(H2,20,21,23). The molecule has 0 amide bonds. The summed E-state index contributed by atoms with van der Waals surface area (Å²) in [6.45, 7) is 1.05. The minimum atomic E-state index is -2.89. The van der Waals surface area contributed by atoms with Gasteiger partial charge in [-0.2, -0.15) is 8.78 Å². The minimum Gasteiger partial charge on any atom is -0.433 e. The Balaban J connectivity index is 2.08. The van der Waals surface area contributed by atoms with Crippen LogP contribution >= 0.6 is 12.2 Å². The van der Waals surface area contributed by atoms with Gasteiger partial charge in [-0.25, -0.2) is 0 Å². The molecule has 0 saturated carbocycles. The number of aryl methyl sites for hydroxylation is 2. The van der Waals surface area contributed by atoms with E-state index in [4.69, 9.17) is 12.2 Å². The minimum absolute atomic E-state index is 0.0519. The number of anilines is 2. The van der Waals surface area contributed by atoms with Crippen LogP contribution in [0.15, 0.2) is 42.5 Å². The van der Waals surface area contributed by atoms with Gasteiger partial charge in [-0.3, -0.25) is 0 Å². The second kappa shape index (κ2) is 7.87. The number of thiocarbonyl (C=S) groups is 1. The van der Waals surface area contributed by atoms with Crippen molar-refractivity contribution in [3.8, 4) is 5.75 Å². The number of hydrogen-bond donors (Lipinski definition) is 2. The first kappa shape index (κ1) is 17.1. The van der Waals surface area contributed by atoms with E-state index in [1.165, 1.54) is 11.6 Å². The molecule has 0 aliphatic carbocycles. The molecule has 23 heavy (non-hydrogen) atoms. The highest BCUT2D eigenvalue weighted by Gasteiger charge is 2.11. The second-order valence-electron chi connectivity index (χ2n) is 5.01. The molecule has 0 bridgehead atoms. The zero-order valence-electron chi connectivity index (χ0n) is 12.9. The highest BCUT2D eigenvalue weighted by Crippen LogP contribution is 2.27. The van der Waals surface area contributed by atoms with E-state index in [0.717, 1.165) is 17.7 Å². The molecule has 122 valence electrons. The normalized spacial score (nSPS) is 10.5. The maximum atomic E-state index is 12.5. The average Bonchev–Trinajstić information content (AvgIpc) is 2.50. The molecule has 0 radical (unpaired) electrons. The van der Waals surface area contributed by atoms with Crippen LogP contribution in [0.4, 0.5) is 20.2 Å². The smallest absolute Gasteiger partial charge is 0.387 e. The van der Waals surface area contributed by atoms with E-state index in [1.54, 1.807) is 12.1 Å². The molecule has 0 unspecified atom stereocenters. The third-order valence-corrected chi connectivity index (χ3v) is 3.42. The van der Waals surface area contributed by atoms with Crippen molar-refractivity contribution < 1.29 is 13.5 Å². The van der Waals surface area contributed by atoms with Gasteiger partial charge in [0.1, 0.15) is 5.75 Å². The molecule has 6 heteroatoms. The first-order chi connectivity index (χ1) is 11.0. The van der Waals surface area contributed by atoms with E-state index in [2.05, 4.69) is 22.3 Å². The molecular weight excluding hydrogens is 318 g/mol. The maximum Gasteiger partial charge on any atom is 0.387 e. The fraction of sp³-hybridized carbons (Fsp3) is 0.235. The van der Waals surface area contributed by atoms with E-state index in [-0.39, 0.29) is 5.75 Å². The molecule has 0 heterocycles. The van der Waals surface area contributed by atoms with Crippen LogP contribution < -0.4 is 15.4 Å². The van der Waals surface area contributed by atoms with Crippen LogP contribution in [-0.2, 0) is 6.42 Å². The van der Waals surface area contributed by atoms with E-state index in [9.17, 15) is 8.78 Å². The Kier molecular flexibility index (Phi) is 5.87. The van der Waals surface area contributed by atoms with Gasteiger partial charge < -0.3 is 15.4 Å². The molecule has 0 atom stereocenters. The average molecular weight is 336 g/mol. The summed E-state index contributed by atoms with van der Waals surface area (Å²) in [7, 11) is 0. The molecule has 0 spiro atoms. The summed E-state index contributed by atoms with van der Waals surface area (Å²) in [6, 6.07) is 12.7. The van der Waals surface area contributed by atoms with Crippen LogP contribution in [0.25, 0.3) is 0 Å². The summed E-state index contributed by atoms with van der Waals surface area (Å²) < 4.78 is 29.4. The van der Waals surface area contributed by atoms with Crippen molar-refractivity contribution in [1.82, 2.24) is 0 Å². The lowest BCUT2D eigenvalue weighted by atomic mass is 10.1. The lowest BCUT2D eigenvalue weighted by Gasteiger charge is -2.15. The van der Waals surface area contributed by atoms with Crippen LogP contribution in [0.3, 0.4) is 0 Å². The summed E-state index contributed by atoms with van der Waals surface area (Å²) in [5.41, 5.74) is 3.35. The summed E-state index contributed by atoms with van der Waals surface area (Å²) in [4.78, 5) is 0. The molecule has 0 aromatic heterocycles. The molecule has 2 aromatic carbocycles. The molecular formula is C17H18F2N2OS. The van der Waals surface area contributed by atoms with Gasteiger partial charge in [0.05, 0.1) is 5.69 Å². The molecule has 0 fully saturated rings. The predicted octanol–water partition coefficient (Wildman–Crippen LogP) is 4.97. The predicted molar refractivity (Wildman–Crippen MR) is 93.5 cm³/mol. The molecule has 0 aliphatic heterocycles. The van der Waals surface area contributed by atoms with Crippen molar-refractivity contribution in [2.24, 2.45) is 0 Å². The number of ether oxygens (including phenoxy) is 1. The topological polar surface area (TPSA) is 33.3 Å². The first-order valence-electron chi connectivity index (χ1n) is 7.20. The van der Waals surface area contributed by atoms with Gasteiger partial charge in [-0.15, -0.1) is 0 Å². The van der Waals surface area contributed by atoms with E-state index >= 15 is 0 Å². The monoisotopic (exact) mass is 336 g/mol. The maximum absolute atomic E-state index is 12.5.